The van der Waals surface area contributed by atoms with E-state index in [4.69, 9.17) is 0 Å². The summed E-state index contributed by atoms with van der Waals surface area (Å²) in [7, 11) is 0. The van der Waals surface area contributed by atoms with Crippen molar-refractivity contribution in [1.82, 2.24) is 10.6 Å². The highest BCUT2D eigenvalue weighted by molar-refractivity contribution is 5.94. The average Bonchev–Trinajstić information content (AvgIpc) is 2.44. The smallest absolute Gasteiger partial charge is 0.254 e. The second-order valence-corrected chi connectivity index (χ2v) is 5.18. The molecule has 1 amide bonds. The minimum Gasteiger partial charge on any atom is -0.349 e. The largest absolute Gasteiger partial charge is 0.349 e. The molecule has 0 aromatic heterocycles. The Morgan fingerprint density at radius 1 is 1.20 bits per heavy atom. The molecule has 1 fully saturated rings. The number of carbonyl (C=O) groups excluding carboxylic acids is 1. The van der Waals surface area contributed by atoms with Crippen LogP contribution in [0.25, 0.3) is 0 Å². The van der Waals surface area contributed by atoms with Crippen molar-refractivity contribution in [3.63, 3.8) is 0 Å². The molecule has 3 nitrogen and oxygen atoms in total. The highest BCUT2D eigenvalue weighted by Crippen LogP contribution is 2.19. The Morgan fingerprint density at radius 3 is 2.50 bits per heavy atom. The molecular weight excluding hydrogens is 262 g/mol. The lowest BCUT2D eigenvalue weighted by Crippen LogP contribution is -2.42. The van der Waals surface area contributed by atoms with Gasteiger partial charge in [0.05, 0.1) is 5.56 Å². The number of halogens is 2. The molecule has 2 rings (SSSR count). The highest BCUT2D eigenvalue weighted by Gasteiger charge is 2.23. The van der Waals surface area contributed by atoms with Crippen LogP contribution < -0.4 is 10.6 Å². The fraction of sp³-hybridized carbons (Fsp3) is 0.533. The van der Waals surface area contributed by atoms with Gasteiger partial charge in [-0.05, 0) is 44.4 Å². The molecule has 2 N–H and O–H groups in total. The summed E-state index contributed by atoms with van der Waals surface area (Å²) in [5.74, 6) is -2.60. The van der Waals surface area contributed by atoms with Crippen molar-refractivity contribution in [3.05, 3.63) is 35.4 Å². The molecular formula is C15H20F2N2O. The van der Waals surface area contributed by atoms with Crippen molar-refractivity contribution in [2.24, 2.45) is 0 Å². The van der Waals surface area contributed by atoms with Gasteiger partial charge in [0.1, 0.15) is 0 Å². The van der Waals surface area contributed by atoms with Gasteiger partial charge in [-0.25, -0.2) is 8.78 Å². The van der Waals surface area contributed by atoms with E-state index in [0.29, 0.717) is 6.04 Å². The van der Waals surface area contributed by atoms with Gasteiger partial charge in [-0.15, -0.1) is 0 Å². The Bertz CT molecular complexity index is 471. The van der Waals surface area contributed by atoms with Crippen LogP contribution >= 0.6 is 0 Å². The van der Waals surface area contributed by atoms with Gasteiger partial charge in [-0.2, -0.15) is 0 Å². The fourth-order valence-corrected chi connectivity index (χ4v) is 2.67. The van der Waals surface area contributed by atoms with E-state index in [0.717, 1.165) is 38.3 Å². The van der Waals surface area contributed by atoms with Crippen molar-refractivity contribution >= 4 is 5.91 Å². The SMILES string of the molecule is CCNC1CCC(NC(=O)c2cccc(F)c2F)CC1. The Morgan fingerprint density at radius 2 is 1.85 bits per heavy atom. The van der Waals surface area contributed by atoms with Crippen molar-refractivity contribution in [2.45, 2.75) is 44.7 Å². The Balaban J connectivity index is 1.91. The van der Waals surface area contributed by atoms with Crippen LogP contribution in [0, 0.1) is 11.6 Å². The van der Waals surface area contributed by atoms with Gasteiger partial charge in [-0.3, -0.25) is 4.79 Å². The summed E-state index contributed by atoms with van der Waals surface area (Å²) >= 11 is 0. The van der Waals surface area contributed by atoms with Gasteiger partial charge >= 0.3 is 0 Å². The monoisotopic (exact) mass is 282 g/mol. The number of hydrogen-bond donors (Lipinski definition) is 2. The minimum absolute atomic E-state index is 0.0417. The molecule has 1 aliphatic carbocycles. The predicted molar refractivity (Wildman–Crippen MR) is 73.5 cm³/mol. The van der Waals surface area contributed by atoms with E-state index in [-0.39, 0.29) is 11.6 Å². The van der Waals surface area contributed by atoms with E-state index in [1.807, 2.05) is 0 Å². The molecule has 1 saturated carbocycles. The molecule has 1 aromatic rings. The maximum absolute atomic E-state index is 13.5. The summed E-state index contributed by atoms with van der Waals surface area (Å²) in [6.45, 7) is 3.01. The minimum atomic E-state index is -1.08. The predicted octanol–water partition coefficient (Wildman–Crippen LogP) is 2.62. The van der Waals surface area contributed by atoms with E-state index in [1.165, 1.54) is 12.1 Å². The number of rotatable bonds is 4. The number of benzene rings is 1. The summed E-state index contributed by atoms with van der Waals surface area (Å²) in [5.41, 5.74) is -0.223. The Labute approximate surface area is 117 Å². The van der Waals surface area contributed by atoms with Gasteiger partial charge in [-0.1, -0.05) is 13.0 Å². The molecule has 5 heteroatoms. The summed E-state index contributed by atoms with van der Waals surface area (Å²) in [6.07, 6.45) is 3.70. The van der Waals surface area contributed by atoms with Crippen LogP contribution in [0.3, 0.4) is 0 Å². The first kappa shape index (κ1) is 14.9. The first-order valence-corrected chi connectivity index (χ1v) is 7.10. The van der Waals surface area contributed by atoms with Crippen LogP contribution in [0.2, 0.25) is 0 Å². The lowest BCUT2D eigenvalue weighted by Gasteiger charge is -2.29. The summed E-state index contributed by atoms with van der Waals surface area (Å²) in [4.78, 5) is 12.0. The topological polar surface area (TPSA) is 41.1 Å². The summed E-state index contributed by atoms with van der Waals surface area (Å²) < 4.78 is 26.6. The Kier molecular flexibility index (Phi) is 5.06. The average molecular weight is 282 g/mol. The summed E-state index contributed by atoms with van der Waals surface area (Å²) in [6, 6.07) is 4.19. The third-order valence-corrected chi connectivity index (χ3v) is 3.75. The van der Waals surface area contributed by atoms with E-state index in [9.17, 15) is 13.6 Å². The Hall–Kier alpha value is -1.49. The zero-order valence-corrected chi connectivity index (χ0v) is 11.6. The van der Waals surface area contributed by atoms with Crippen molar-refractivity contribution < 1.29 is 13.6 Å². The van der Waals surface area contributed by atoms with Crippen molar-refractivity contribution in [3.8, 4) is 0 Å². The summed E-state index contributed by atoms with van der Waals surface area (Å²) in [5, 5.41) is 6.18. The number of amides is 1. The second kappa shape index (κ2) is 6.79. The van der Waals surface area contributed by atoms with Crippen LogP contribution in [-0.4, -0.2) is 24.5 Å². The molecule has 0 heterocycles. The van der Waals surface area contributed by atoms with Crippen LogP contribution in [0.1, 0.15) is 43.0 Å². The van der Waals surface area contributed by atoms with Crippen LogP contribution in [-0.2, 0) is 0 Å². The molecule has 0 atom stereocenters. The molecule has 0 radical (unpaired) electrons. The molecule has 0 spiro atoms. The maximum atomic E-state index is 13.5. The van der Waals surface area contributed by atoms with E-state index < -0.39 is 17.5 Å². The van der Waals surface area contributed by atoms with Crippen LogP contribution in [0.15, 0.2) is 18.2 Å². The van der Waals surface area contributed by atoms with Gasteiger partial charge in [0, 0.05) is 12.1 Å². The standard InChI is InChI=1S/C15H20F2N2O/c1-2-18-10-6-8-11(9-7-10)19-15(20)12-4-3-5-13(16)14(12)17/h3-5,10-11,18H,2,6-9H2,1H3,(H,19,20). The normalized spacial score (nSPS) is 22.6. The first-order chi connectivity index (χ1) is 9.61. The molecule has 20 heavy (non-hydrogen) atoms. The van der Waals surface area contributed by atoms with Crippen molar-refractivity contribution in [1.29, 1.82) is 0 Å². The van der Waals surface area contributed by atoms with Crippen LogP contribution in [0.5, 0.6) is 0 Å². The molecule has 0 aliphatic heterocycles. The number of nitrogens with one attached hydrogen (secondary N) is 2. The maximum Gasteiger partial charge on any atom is 0.254 e. The lowest BCUT2D eigenvalue weighted by atomic mass is 9.91. The molecule has 0 unspecified atom stereocenters. The third-order valence-electron chi connectivity index (χ3n) is 3.75. The quantitative estimate of drug-likeness (QED) is 0.891. The number of carbonyl (C=O) groups is 1. The molecule has 0 saturated heterocycles. The zero-order valence-electron chi connectivity index (χ0n) is 11.6. The lowest BCUT2D eigenvalue weighted by molar-refractivity contribution is 0.0919. The first-order valence-electron chi connectivity index (χ1n) is 7.10. The number of hydrogen-bond acceptors (Lipinski definition) is 2. The van der Waals surface area contributed by atoms with Gasteiger partial charge in [0.15, 0.2) is 11.6 Å². The van der Waals surface area contributed by atoms with Crippen molar-refractivity contribution in [2.75, 3.05) is 6.54 Å². The molecule has 110 valence electrons. The highest BCUT2D eigenvalue weighted by atomic mass is 19.2. The fourth-order valence-electron chi connectivity index (χ4n) is 2.67. The van der Waals surface area contributed by atoms with Gasteiger partial charge in [0.2, 0.25) is 0 Å². The van der Waals surface area contributed by atoms with E-state index in [2.05, 4.69) is 17.6 Å². The third kappa shape index (κ3) is 3.54. The molecule has 0 bridgehead atoms. The van der Waals surface area contributed by atoms with E-state index >= 15 is 0 Å². The molecule has 1 aliphatic rings. The van der Waals surface area contributed by atoms with Gasteiger partial charge < -0.3 is 10.6 Å². The zero-order chi connectivity index (χ0) is 14.5. The van der Waals surface area contributed by atoms with E-state index in [1.54, 1.807) is 0 Å². The second-order valence-electron chi connectivity index (χ2n) is 5.18. The molecule has 1 aromatic carbocycles. The van der Waals surface area contributed by atoms with Gasteiger partial charge in [0.25, 0.3) is 5.91 Å². The van der Waals surface area contributed by atoms with Crippen LogP contribution in [0.4, 0.5) is 8.78 Å².